The van der Waals surface area contributed by atoms with Crippen LogP contribution in [0.4, 0.5) is 0 Å². The largest absolute Gasteiger partial charge is 0.481 e. The first-order valence-electron chi connectivity index (χ1n) is 4.46. The van der Waals surface area contributed by atoms with Crippen molar-refractivity contribution >= 4 is 11.9 Å². The second-order valence-corrected chi connectivity index (χ2v) is 3.21. The minimum Gasteiger partial charge on any atom is -0.481 e. The second-order valence-electron chi connectivity index (χ2n) is 3.21. The van der Waals surface area contributed by atoms with E-state index in [-0.39, 0.29) is 27.3 Å². The normalized spacial score (nSPS) is 13.9. The van der Waals surface area contributed by atoms with Crippen LogP contribution >= 0.6 is 0 Å². The monoisotopic (exact) mass is 302 g/mol. The Kier molecular flexibility index (Phi) is 9.54. The van der Waals surface area contributed by atoms with Gasteiger partial charge in [-0.15, -0.1) is 0 Å². The number of aliphatic carboxylic acids is 2. The third-order valence-corrected chi connectivity index (χ3v) is 2.18. The Bertz CT molecular complexity index is 193. The van der Waals surface area contributed by atoms with E-state index in [1.165, 1.54) is 6.92 Å². The maximum Gasteiger partial charge on any atom is 0.307 e. The van der Waals surface area contributed by atoms with Crippen LogP contribution < -0.4 is 0 Å². The Hall–Kier alpha value is -0.138. The predicted molar refractivity (Wildman–Crippen MR) is 47.5 cm³/mol. The molecule has 0 heterocycles. The van der Waals surface area contributed by atoms with Gasteiger partial charge >= 0.3 is 11.9 Å². The Balaban J connectivity index is 0. The van der Waals surface area contributed by atoms with Crippen molar-refractivity contribution in [2.45, 2.75) is 33.1 Å². The Morgan fingerprint density at radius 1 is 1.21 bits per heavy atom. The number of carboxylic acid groups (broad SMARTS) is 2. The summed E-state index contributed by atoms with van der Waals surface area (Å²) in [6, 6.07) is 0. The van der Waals surface area contributed by atoms with Crippen LogP contribution in [0.25, 0.3) is 0 Å². The summed E-state index contributed by atoms with van der Waals surface area (Å²) in [4.78, 5) is 21.2. The molecule has 0 saturated carbocycles. The predicted octanol–water partition coefficient (Wildman–Crippen LogP) is 1.60. The quantitative estimate of drug-likeness (QED) is 0.731. The van der Waals surface area contributed by atoms with Crippen molar-refractivity contribution in [2.75, 3.05) is 0 Å². The number of hydrogen-bond acceptors (Lipinski definition) is 2. The van der Waals surface area contributed by atoms with Crippen molar-refractivity contribution in [3.8, 4) is 0 Å². The molecule has 0 saturated heterocycles. The molecule has 0 radical (unpaired) electrons. The van der Waals surface area contributed by atoms with Crippen molar-refractivity contribution in [3.63, 3.8) is 0 Å². The van der Waals surface area contributed by atoms with Crippen LogP contribution in [-0.4, -0.2) is 22.2 Å². The SMILES string of the molecule is CCCCC(C(=O)O)C(C)C(=O)O.[Cd]. The van der Waals surface area contributed by atoms with E-state index < -0.39 is 23.8 Å². The van der Waals surface area contributed by atoms with Crippen LogP contribution in [-0.2, 0) is 36.9 Å². The van der Waals surface area contributed by atoms with E-state index in [0.29, 0.717) is 6.42 Å². The molecule has 0 amide bonds. The van der Waals surface area contributed by atoms with E-state index in [2.05, 4.69) is 0 Å². The number of rotatable bonds is 6. The van der Waals surface area contributed by atoms with Crippen LogP contribution in [0.2, 0.25) is 0 Å². The maximum atomic E-state index is 10.7. The summed E-state index contributed by atoms with van der Waals surface area (Å²) in [5.74, 6) is -3.60. The summed E-state index contributed by atoms with van der Waals surface area (Å²) in [7, 11) is 0. The van der Waals surface area contributed by atoms with Gasteiger partial charge in [0.1, 0.15) is 0 Å². The zero-order valence-electron chi connectivity index (χ0n) is 8.69. The van der Waals surface area contributed by atoms with E-state index in [9.17, 15) is 9.59 Å². The molecule has 78 valence electrons. The first-order chi connectivity index (χ1) is 6.00. The molecule has 0 aliphatic carbocycles. The second kappa shape index (κ2) is 8.19. The van der Waals surface area contributed by atoms with Gasteiger partial charge in [-0.2, -0.15) is 0 Å². The van der Waals surface area contributed by atoms with Gasteiger partial charge in [0.15, 0.2) is 0 Å². The third kappa shape index (κ3) is 5.56. The fraction of sp³-hybridized carbons (Fsp3) is 0.778. The first kappa shape index (κ1) is 16.3. The minimum absolute atomic E-state index is 0. The number of carbonyl (C=O) groups is 2. The minimum atomic E-state index is -1.04. The van der Waals surface area contributed by atoms with Gasteiger partial charge < -0.3 is 10.2 Å². The summed E-state index contributed by atoms with van der Waals surface area (Å²) in [6.45, 7) is 3.39. The summed E-state index contributed by atoms with van der Waals surface area (Å²) in [6.07, 6.45) is 2.09. The fourth-order valence-corrected chi connectivity index (χ4v) is 1.18. The molecule has 0 aromatic rings. The van der Waals surface area contributed by atoms with Gasteiger partial charge in [0.25, 0.3) is 0 Å². The molecule has 0 aliphatic rings. The standard InChI is InChI=1S/C9H16O4.Cd/c1-3-4-5-7(9(12)13)6(2)8(10)11;/h6-7H,3-5H2,1-2H3,(H,10,11)(H,12,13);. The van der Waals surface area contributed by atoms with Crippen molar-refractivity contribution in [1.29, 1.82) is 0 Å². The molecule has 0 spiro atoms. The van der Waals surface area contributed by atoms with Gasteiger partial charge in [-0.25, -0.2) is 0 Å². The van der Waals surface area contributed by atoms with E-state index in [1.807, 2.05) is 6.92 Å². The van der Waals surface area contributed by atoms with Crippen molar-refractivity contribution in [1.82, 2.24) is 0 Å². The molecule has 0 aromatic carbocycles. The van der Waals surface area contributed by atoms with E-state index in [1.54, 1.807) is 0 Å². The van der Waals surface area contributed by atoms with Crippen LogP contribution in [0.5, 0.6) is 0 Å². The molecule has 14 heavy (non-hydrogen) atoms. The summed E-state index contributed by atoms with van der Waals surface area (Å²) in [5.41, 5.74) is 0. The average Bonchev–Trinajstić information content (AvgIpc) is 2.04. The molecule has 0 bridgehead atoms. The molecule has 2 atom stereocenters. The van der Waals surface area contributed by atoms with Crippen molar-refractivity contribution in [3.05, 3.63) is 0 Å². The Morgan fingerprint density at radius 3 is 2.00 bits per heavy atom. The number of unbranched alkanes of at least 4 members (excludes halogenated alkanes) is 1. The molecule has 0 aromatic heterocycles. The third-order valence-electron chi connectivity index (χ3n) is 2.18. The van der Waals surface area contributed by atoms with Crippen LogP contribution in [0.3, 0.4) is 0 Å². The number of carboxylic acids is 2. The van der Waals surface area contributed by atoms with E-state index in [0.717, 1.165) is 12.8 Å². The van der Waals surface area contributed by atoms with Crippen LogP contribution in [0.15, 0.2) is 0 Å². The molecule has 0 rings (SSSR count). The van der Waals surface area contributed by atoms with Gasteiger partial charge in [-0.05, 0) is 6.42 Å². The average molecular weight is 301 g/mol. The Labute approximate surface area is 104 Å². The zero-order valence-corrected chi connectivity index (χ0v) is 12.7. The molecular formula is C9H16CdO4. The topological polar surface area (TPSA) is 74.6 Å². The zero-order chi connectivity index (χ0) is 10.4. The molecule has 5 heteroatoms. The van der Waals surface area contributed by atoms with E-state index in [4.69, 9.17) is 10.2 Å². The van der Waals surface area contributed by atoms with Crippen LogP contribution in [0, 0.1) is 11.8 Å². The van der Waals surface area contributed by atoms with Crippen molar-refractivity contribution in [2.24, 2.45) is 11.8 Å². The first-order valence-corrected chi connectivity index (χ1v) is 4.46. The van der Waals surface area contributed by atoms with E-state index >= 15 is 0 Å². The Morgan fingerprint density at radius 2 is 1.71 bits per heavy atom. The summed E-state index contributed by atoms with van der Waals surface area (Å²) >= 11 is 0. The molecule has 4 nitrogen and oxygen atoms in total. The maximum absolute atomic E-state index is 10.7. The van der Waals surface area contributed by atoms with Gasteiger partial charge in [-0.3, -0.25) is 9.59 Å². The summed E-state index contributed by atoms with van der Waals surface area (Å²) in [5, 5.41) is 17.4. The van der Waals surface area contributed by atoms with Crippen LogP contribution in [0.1, 0.15) is 33.1 Å². The van der Waals surface area contributed by atoms with Gasteiger partial charge in [-0.1, -0.05) is 26.7 Å². The molecule has 0 aliphatic heterocycles. The van der Waals surface area contributed by atoms with Gasteiger partial charge in [0.05, 0.1) is 11.8 Å². The van der Waals surface area contributed by atoms with Crippen molar-refractivity contribution < 1.29 is 47.1 Å². The summed E-state index contributed by atoms with van der Waals surface area (Å²) < 4.78 is 0. The molecule has 2 unspecified atom stereocenters. The smallest absolute Gasteiger partial charge is 0.307 e. The molecule has 2 N–H and O–H groups in total. The molecular weight excluding hydrogens is 285 g/mol. The van der Waals surface area contributed by atoms with Gasteiger partial charge in [0, 0.05) is 27.3 Å². The fourth-order valence-electron chi connectivity index (χ4n) is 1.18. The molecule has 0 fully saturated rings. The van der Waals surface area contributed by atoms with Gasteiger partial charge in [0.2, 0.25) is 0 Å². The number of hydrogen-bond donors (Lipinski definition) is 2.